The molecule has 1 heterocycles. The summed E-state index contributed by atoms with van der Waals surface area (Å²) in [5, 5.41) is 2.79. The molecule has 0 bridgehead atoms. The van der Waals surface area contributed by atoms with Crippen molar-refractivity contribution in [3.05, 3.63) is 51.2 Å². The van der Waals surface area contributed by atoms with Gasteiger partial charge in [0.05, 0.1) is 6.04 Å². The summed E-state index contributed by atoms with van der Waals surface area (Å²) < 4.78 is 6.25. The van der Waals surface area contributed by atoms with Crippen LogP contribution in [0.15, 0.2) is 34.9 Å². The Labute approximate surface area is 124 Å². The van der Waals surface area contributed by atoms with Crippen molar-refractivity contribution in [1.29, 1.82) is 0 Å². The summed E-state index contributed by atoms with van der Waals surface area (Å²) in [6.45, 7) is 2.20. The van der Waals surface area contributed by atoms with E-state index < -0.39 is 0 Å². The zero-order valence-corrected chi connectivity index (χ0v) is 12.5. The SMILES string of the molecule is CC(N)c1nc(C(=O)NCc2cccc(I)c2)co1. The predicted octanol–water partition coefficient (Wildman–Crippen LogP) is 2.23. The number of carbonyl (C=O) groups excluding carboxylic acids is 1. The Hall–Kier alpha value is -1.41. The molecule has 1 unspecified atom stereocenters. The number of halogens is 1. The van der Waals surface area contributed by atoms with Gasteiger partial charge >= 0.3 is 0 Å². The van der Waals surface area contributed by atoms with E-state index >= 15 is 0 Å². The van der Waals surface area contributed by atoms with Crippen LogP contribution >= 0.6 is 22.6 Å². The number of nitrogens with two attached hydrogens (primary N) is 1. The molecule has 5 nitrogen and oxygen atoms in total. The maximum Gasteiger partial charge on any atom is 0.273 e. The molecule has 100 valence electrons. The second-order valence-corrected chi connectivity index (χ2v) is 5.42. The Morgan fingerprint density at radius 2 is 2.37 bits per heavy atom. The van der Waals surface area contributed by atoms with Crippen molar-refractivity contribution in [3.63, 3.8) is 0 Å². The summed E-state index contributed by atoms with van der Waals surface area (Å²) in [6, 6.07) is 7.60. The highest BCUT2D eigenvalue weighted by atomic mass is 127. The first-order valence-corrected chi connectivity index (χ1v) is 6.88. The van der Waals surface area contributed by atoms with E-state index in [9.17, 15) is 4.79 Å². The Balaban J connectivity index is 1.97. The lowest BCUT2D eigenvalue weighted by Crippen LogP contribution is -2.23. The molecule has 1 amide bonds. The molecule has 0 fully saturated rings. The maximum atomic E-state index is 11.9. The van der Waals surface area contributed by atoms with E-state index in [1.54, 1.807) is 6.92 Å². The Bertz CT molecular complexity index is 581. The van der Waals surface area contributed by atoms with Crippen molar-refractivity contribution in [1.82, 2.24) is 10.3 Å². The Kier molecular flexibility index (Phi) is 4.54. The van der Waals surface area contributed by atoms with Gasteiger partial charge in [-0.25, -0.2) is 4.98 Å². The zero-order valence-electron chi connectivity index (χ0n) is 10.4. The molecule has 6 heteroatoms. The topological polar surface area (TPSA) is 81.1 Å². The molecule has 0 radical (unpaired) electrons. The van der Waals surface area contributed by atoms with Crippen molar-refractivity contribution >= 4 is 28.5 Å². The lowest BCUT2D eigenvalue weighted by Gasteiger charge is -2.03. The maximum absolute atomic E-state index is 11.9. The second kappa shape index (κ2) is 6.16. The van der Waals surface area contributed by atoms with Gasteiger partial charge in [0.25, 0.3) is 5.91 Å². The average Bonchev–Trinajstić information content (AvgIpc) is 2.86. The fourth-order valence-electron chi connectivity index (χ4n) is 1.52. The van der Waals surface area contributed by atoms with Crippen molar-refractivity contribution in [2.45, 2.75) is 19.5 Å². The van der Waals surface area contributed by atoms with Crippen LogP contribution in [0.2, 0.25) is 0 Å². The largest absolute Gasteiger partial charge is 0.446 e. The first-order chi connectivity index (χ1) is 9.06. The third kappa shape index (κ3) is 3.77. The Morgan fingerprint density at radius 1 is 1.58 bits per heavy atom. The van der Waals surface area contributed by atoms with Crippen LogP contribution in [0.4, 0.5) is 0 Å². The molecule has 3 N–H and O–H groups in total. The summed E-state index contributed by atoms with van der Waals surface area (Å²) in [5.74, 6) is 0.0916. The van der Waals surface area contributed by atoms with Gasteiger partial charge in [-0.1, -0.05) is 12.1 Å². The van der Waals surface area contributed by atoms with E-state index in [1.807, 2.05) is 24.3 Å². The number of amides is 1. The minimum absolute atomic E-state index is 0.248. The summed E-state index contributed by atoms with van der Waals surface area (Å²) in [6.07, 6.45) is 1.32. The van der Waals surface area contributed by atoms with Crippen LogP contribution in [0.25, 0.3) is 0 Å². The lowest BCUT2D eigenvalue weighted by atomic mass is 10.2. The molecule has 0 aliphatic heterocycles. The summed E-state index contributed by atoms with van der Waals surface area (Å²) >= 11 is 2.23. The van der Waals surface area contributed by atoms with E-state index in [2.05, 4.69) is 32.9 Å². The molecule has 0 saturated heterocycles. The molecule has 2 rings (SSSR count). The van der Waals surface area contributed by atoms with Gasteiger partial charge in [0.1, 0.15) is 6.26 Å². The van der Waals surface area contributed by atoms with Gasteiger partial charge in [0, 0.05) is 10.1 Å². The molecule has 1 atom stereocenters. The molecular weight excluding hydrogens is 357 g/mol. The van der Waals surface area contributed by atoms with E-state index in [1.165, 1.54) is 6.26 Å². The molecule has 1 aromatic heterocycles. The quantitative estimate of drug-likeness (QED) is 0.808. The third-order valence-corrected chi connectivity index (χ3v) is 3.16. The van der Waals surface area contributed by atoms with Crippen LogP contribution in [-0.4, -0.2) is 10.9 Å². The zero-order chi connectivity index (χ0) is 13.8. The molecule has 0 aliphatic rings. The third-order valence-electron chi connectivity index (χ3n) is 2.49. The van der Waals surface area contributed by atoms with Crippen LogP contribution in [0, 0.1) is 3.57 Å². The molecule has 0 spiro atoms. The smallest absolute Gasteiger partial charge is 0.273 e. The number of hydrogen-bond donors (Lipinski definition) is 2. The number of carbonyl (C=O) groups is 1. The summed E-state index contributed by atoms with van der Waals surface area (Å²) in [5.41, 5.74) is 6.91. The Morgan fingerprint density at radius 3 is 3.00 bits per heavy atom. The van der Waals surface area contributed by atoms with Crippen molar-refractivity contribution in [2.75, 3.05) is 0 Å². The molecule has 0 aliphatic carbocycles. The van der Waals surface area contributed by atoms with E-state index in [0.29, 0.717) is 12.4 Å². The monoisotopic (exact) mass is 371 g/mol. The minimum atomic E-state index is -0.322. The van der Waals surface area contributed by atoms with E-state index in [-0.39, 0.29) is 17.6 Å². The van der Waals surface area contributed by atoms with E-state index in [4.69, 9.17) is 10.2 Å². The van der Waals surface area contributed by atoms with Crippen molar-refractivity contribution in [2.24, 2.45) is 5.73 Å². The van der Waals surface area contributed by atoms with Gasteiger partial charge in [-0.05, 0) is 47.2 Å². The molecule has 2 aromatic rings. The average molecular weight is 371 g/mol. The van der Waals surface area contributed by atoms with Crippen LogP contribution in [0.1, 0.15) is 34.9 Å². The second-order valence-electron chi connectivity index (χ2n) is 4.17. The standard InChI is InChI=1S/C13H14IN3O2/c1-8(15)13-17-11(7-19-13)12(18)16-6-9-3-2-4-10(14)5-9/h2-5,7-8H,6,15H2,1H3,(H,16,18). The molecule has 19 heavy (non-hydrogen) atoms. The number of oxazole rings is 1. The van der Waals surface area contributed by atoms with Crippen LogP contribution in [-0.2, 0) is 6.54 Å². The van der Waals surface area contributed by atoms with Gasteiger partial charge in [0.2, 0.25) is 5.89 Å². The number of nitrogens with zero attached hydrogens (tertiary/aromatic N) is 1. The number of rotatable bonds is 4. The number of aromatic nitrogens is 1. The van der Waals surface area contributed by atoms with Crippen LogP contribution < -0.4 is 11.1 Å². The first kappa shape index (κ1) is 14.0. The minimum Gasteiger partial charge on any atom is -0.446 e. The molecular formula is C13H14IN3O2. The highest BCUT2D eigenvalue weighted by Crippen LogP contribution is 2.10. The first-order valence-electron chi connectivity index (χ1n) is 5.80. The molecule has 1 aromatic carbocycles. The van der Waals surface area contributed by atoms with E-state index in [0.717, 1.165) is 9.13 Å². The number of nitrogens with one attached hydrogen (secondary N) is 1. The number of hydrogen-bond acceptors (Lipinski definition) is 4. The van der Waals surface area contributed by atoms with Crippen LogP contribution in [0.5, 0.6) is 0 Å². The van der Waals surface area contributed by atoms with Crippen LogP contribution in [0.3, 0.4) is 0 Å². The number of benzene rings is 1. The van der Waals surface area contributed by atoms with Crippen molar-refractivity contribution < 1.29 is 9.21 Å². The molecule has 0 saturated carbocycles. The van der Waals surface area contributed by atoms with Crippen molar-refractivity contribution in [3.8, 4) is 0 Å². The highest BCUT2D eigenvalue weighted by molar-refractivity contribution is 14.1. The van der Waals surface area contributed by atoms with Gasteiger partial charge in [-0.3, -0.25) is 4.79 Å². The predicted molar refractivity (Wildman–Crippen MR) is 79.4 cm³/mol. The van der Waals surface area contributed by atoms with Gasteiger partial charge in [0.15, 0.2) is 5.69 Å². The summed E-state index contributed by atoms with van der Waals surface area (Å²) in [4.78, 5) is 15.9. The fraction of sp³-hybridized carbons (Fsp3) is 0.231. The normalized spacial score (nSPS) is 12.2. The highest BCUT2D eigenvalue weighted by Gasteiger charge is 2.13. The fourth-order valence-corrected chi connectivity index (χ4v) is 2.13. The summed E-state index contributed by atoms with van der Waals surface area (Å²) in [7, 11) is 0. The van der Waals surface area contributed by atoms with Gasteiger partial charge in [-0.15, -0.1) is 0 Å². The van der Waals surface area contributed by atoms with Gasteiger partial charge in [-0.2, -0.15) is 0 Å². The van der Waals surface area contributed by atoms with Gasteiger partial charge < -0.3 is 15.5 Å². The lowest BCUT2D eigenvalue weighted by molar-refractivity contribution is 0.0946.